The Kier molecular flexibility index (Phi) is 37.7. The summed E-state index contributed by atoms with van der Waals surface area (Å²) < 4.78 is 6.88. The first-order chi connectivity index (χ1) is 63.7. The Morgan fingerprint density at radius 2 is 1.18 bits per heavy atom. The van der Waals surface area contributed by atoms with E-state index in [2.05, 4.69) is 58.2 Å². The molecule has 3 saturated heterocycles. The molecule has 21 N–H and O–H groups in total. The summed E-state index contributed by atoms with van der Waals surface area (Å²) in [6, 6.07) is -5.32. The van der Waals surface area contributed by atoms with E-state index in [-0.39, 0.29) is 68.8 Å². The number of carboxylic acids is 1. The number of fused-ring (bicyclic) bond motifs is 8. The second kappa shape index (κ2) is 48.4. The topological polar surface area (TPSA) is 650 Å². The van der Waals surface area contributed by atoms with Gasteiger partial charge in [-0.25, -0.2) is 0 Å². The summed E-state index contributed by atoms with van der Waals surface area (Å²) in [5.41, 5.74) is 18.9. The number of nitrogens with zero attached hydrogens (tertiary/aromatic N) is 6. The molecule has 15 atom stereocenters. The van der Waals surface area contributed by atoms with Gasteiger partial charge >= 0.3 is 5.97 Å². The maximum absolute atomic E-state index is 15.8. The molecule has 4 aliphatic heterocycles. The van der Waals surface area contributed by atoms with Gasteiger partial charge in [0, 0.05) is 105 Å². The zero-order chi connectivity index (χ0) is 98.2. The number of aliphatic hydroxyl groups excluding tert-OH is 3. The van der Waals surface area contributed by atoms with Crippen LogP contribution >= 0.6 is 11.8 Å². The lowest BCUT2D eigenvalue weighted by Gasteiger charge is -2.38. The van der Waals surface area contributed by atoms with Crippen LogP contribution in [-0.4, -0.2) is 318 Å². The number of thioether (sulfide) groups is 1. The second-order valence-electron chi connectivity index (χ2n) is 34.3. The number of carbonyl (C=O) groups is 19. The van der Waals surface area contributed by atoms with Crippen molar-refractivity contribution in [1.29, 1.82) is 0 Å². The minimum absolute atomic E-state index is 0.0192. The van der Waals surface area contributed by atoms with E-state index in [1.807, 2.05) is 13.8 Å². The van der Waals surface area contributed by atoms with Gasteiger partial charge in [-0.15, -0.1) is 11.8 Å². The number of aromatic amines is 1. The molecule has 0 unspecified atom stereocenters. The third-order valence-corrected chi connectivity index (χ3v) is 25.1. The standard InChI is InChI=1S/C89H122N20O24S/c1-9-11-21-66-82(125)97-57(30-46(3)4)78(121)103-64(77(120)94-38-73(92)115)44-134-45-74(116)95-60-31-48-25-26-52(133-8)35-69(48)109(88(60)131)47(5)76(119)99-61(36-72(91)114)87(130)107-29-17-24-67(107)83(126)102-63(43-111)80(123)96-56(27-28-71(90)113)86(129)108-40-51(112)34-70(108)84(127)98-58(32-49-37-93-55-20-15-13-18-53(49)55)79(122)101-62(42-110)81(124)100-59(85(128)105(7)68(22-12-10-2)89(132)104(66)6)33-50-39-106(41-75(117)118)65-23-16-14-19-54(50)65/h13-16,18-20,23,25-26,35,37,39,46-47,51,56-64,66-68,70,93,110-112H,9-12,17,21-22,24,27-34,36,38,40-45H2,1-8H3,(H2,90,113)(H2,91,114)(H2,92,115)(H,94,120)(H,95,116)(H,96,123)(H,97,125)(H,98,127)(H,99,119)(H,100,124)(H,101,122)(H,102,126)(H,103,121)(H,117,118)/t47-,51+,56-,57-,58-,59-,60-,61-,62-,63-,64-,66-,67-,68-,70-/m0/s1. The van der Waals surface area contributed by atoms with Crippen LogP contribution in [0.3, 0.4) is 0 Å². The quantitative estimate of drug-likeness (QED) is 0.0264. The number of methoxy groups -OCH3 is 1. The van der Waals surface area contributed by atoms with Gasteiger partial charge in [-0.1, -0.05) is 95.8 Å². The number of hydrogen-bond donors (Lipinski definition) is 18. The average molecular weight is 1890 g/mol. The zero-order valence-electron chi connectivity index (χ0n) is 76.0. The van der Waals surface area contributed by atoms with E-state index in [4.69, 9.17) is 21.9 Å². The minimum Gasteiger partial charge on any atom is -0.497 e. The van der Waals surface area contributed by atoms with Crippen molar-refractivity contribution in [1.82, 2.24) is 82.3 Å². The number of anilines is 1. The van der Waals surface area contributed by atoms with Gasteiger partial charge in [0.2, 0.25) is 100 Å². The summed E-state index contributed by atoms with van der Waals surface area (Å²) in [6.45, 7) is 3.93. The highest BCUT2D eigenvalue weighted by Crippen LogP contribution is 2.35. The number of carbonyl (C=O) groups excluding carboxylic acids is 18. The molecule has 134 heavy (non-hydrogen) atoms. The summed E-state index contributed by atoms with van der Waals surface area (Å²) in [5, 5.41) is 70.0. The monoisotopic (exact) mass is 1890 g/mol. The van der Waals surface area contributed by atoms with Crippen LogP contribution < -0.4 is 80.0 Å². The van der Waals surface area contributed by atoms with Crippen LogP contribution in [0, 0.1) is 5.92 Å². The maximum atomic E-state index is 15.8. The van der Waals surface area contributed by atoms with Crippen molar-refractivity contribution in [2.45, 2.75) is 235 Å². The molecule has 44 nitrogen and oxygen atoms in total. The number of primary amides is 3. The smallest absolute Gasteiger partial charge is 0.323 e. The number of ether oxygens (including phenoxy) is 1. The Morgan fingerprint density at radius 3 is 1.82 bits per heavy atom. The van der Waals surface area contributed by atoms with E-state index in [1.54, 1.807) is 74.5 Å². The van der Waals surface area contributed by atoms with Crippen LogP contribution in [-0.2, 0) is 117 Å². The highest BCUT2D eigenvalue weighted by Gasteiger charge is 2.48. The molecule has 18 amide bonds. The number of aliphatic hydroxyl groups is 3. The largest absolute Gasteiger partial charge is 0.497 e. The number of amides is 18. The summed E-state index contributed by atoms with van der Waals surface area (Å²) in [7, 11) is 3.96. The van der Waals surface area contributed by atoms with Crippen LogP contribution in [0.25, 0.3) is 21.8 Å². The molecule has 2 bridgehead atoms. The molecule has 5 aromatic rings. The molecule has 9 rings (SSSR count). The van der Waals surface area contributed by atoms with Gasteiger partial charge in [0.1, 0.15) is 96.9 Å². The van der Waals surface area contributed by atoms with E-state index >= 15 is 33.6 Å². The normalized spacial score (nSPS) is 25.1. The summed E-state index contributed by atoms with van der Waals surface area (Å²) >= 11 is 0.788. The second-order valence-corrected chi connectivity index (χ2v) is 35.4. The number of nitrogens with two attached hydrogens (primary N) is 3. The van der Waals surface area contributed by atoms with Gasteiger partial charge in [0.25, 0.3) is 5.91 Å². The fourth-order valence-corrected chi connectivity index (χ4v) is 17.8. The molecule has 0 radical (unpaired) electrons. The highest BCUT2D eigenvalue weighted by molar-refractivity contribution is 8.00. The molecular weight excluding hydrogens is 1770 g/mol. The first-order valence-corrected chi connectivity index (χ1v) is 45.7. The third-order valence-electron chi connectivity index (χ3n) is 24.0. The van der Waals surface area contributed by atoms with Crippen molar-refractivity contribution in [3.05, 3.63) is 95.8 Å². The molecule has 4 aliphatic rings. The molecule has 2 aromatic heterocycles. The molecule has 45 heteroatoms. The number of H-pyrrole nitrogens is 1. The number of unbranched alkanes of at least 4 members (excludes halogenated alkanes) is 2. The van der Waals surface area contributed by atoms with Crippen molar-refractivity contribution in [3.63, 3.8) is 0 Å². The van der Waals surface area contributed by atoms with Crippen molar-refractivity contribution in [2.75, 3.05) is 70.5 Å². The number of carboxylic acid groups (broad SMARTS) is 1. The van der Waals surface area contributed by atoms with E-state index in [9.17, 15) is 78.0 Å². The predicted molar refractivity (Wildman–Crippen MR) is 485 cm³/mol. The van der Waals surface area contributed by atoms with E-state index in [0.717, 1.165) is 36.3 Å². The molecule has 3 fully saturated rings. The Labute approximate surface area is 776 Å². The fraction of sp³-hybridized carbons (Fsp3) is 0.539. The lowest BCUT2D eigenvalue weighted by Crippen LogP contribution is -2.62. The van der Waals surface area contributed by atoms with Gasteiger partial charge in [-0.3, -0.25) is 96.0 Å². The van der Waals surface area contributed by atoms with Gasteiger partial charge in [-0.05, 0) is 86.3 Å². The van der Waals surface area contributed by atoms with Crippen molar-refractivity contribution in [2.24, 2.45) is 23.1 Å². The molecule has 0 aliphatic carbocycles. The number of para-hydroxylation sites is 2. The first-order valence-electron chi connectivity index (χ1n) is 44.5. The number of likely N-dealkylation sites (N-methyl/N-ethyl adjacent to an activating group) is 2. The lowest BCUT2D eigenvalue weighted by atomic mass is 9.95. The SMILES string of the molecule is CCCC[C@H]1C(=O)N(C)[C@@H](CCCC)C(=O)N[C@@H](CC(C)C)C(=O)N[C@H](C(=O)NCC(N)=O)CSCC(=O)N[C@H]2Cc3ccc(OC)cc3N(C2=O)[C@@H](C)C(=O)N[C@@H](CC(N)=O)C(=O)N2CCC[C@H]2C(=O)N[C@@H](CO)C(=O)N[C@@H](CCC(N)=O)C(=O)N2C[C@H](O)C[C@H]2C(=O)N[C@@H](Cc2c[nH]c3ccccc23)C(=O)N[C@@H](CO)C(=O)N[C@@H](Cc2cn(CC(=O)O)c3ccccc23)C(=O)N1C. The Hall–Kier alpha value is -13.3. The van der Waals surface area contributed by atoms with Crippen molar-refractivity contribution >= 4 is 152 Å². The van der Waals surface area contributed by atoms with Crippen molar-refractivity contribution < 1.29 is 116 Å². The molecule has 0 saturated carbocycles. The van der Waals surface area contributed by atoms with Gasteiger partial charge in [-0.2, -0.15) is 0 Å². The van der Waals surface area contributed by atoms with Crippen LogP contribution in [0.15, 0.2) is 79.1 Å². The van der Waals surface area contributed by atoms with Crippen LogP contribution in [0.5, 0.6) is 5.75 Å². The van der Waals surface area contributed by atoms with E-state index in [1.165, 1.54) is 51.2 Å². The van der Waals surface area contributed by atoms with E-state index in [0.29, 0.717) is 57.8 Å². The number of rotatable bonds is 25. The lowest BCUT2D eigenvalue weighted by molar-refractivity contribution is -0.149. The molecule has 0 spiro atoms. The van der Waals surface area contributed by atoms with Gasteiger partial charge in [0.15, 0.2) is 0 Å². The minimum atomic E-state index is -2.00. The number of aliphatic carboxylic acids is 1. The fourth-order valence-electron chi connectivity index (χ4n) is 17.0. The first kappa shape index (κ1) is 104. The summed E-state index contributed by atoms with van der Waals surface area (Å²) in [5.74, 6) is -20.6. The van der Waals surface area contributed by atoms with E-state index < -0.39 is 286 Å². The van der Waals surface area contributed by atoms with Crippen LogP contribution in [0.4, 0.5) is 5.69 Å². The molecule has 3 aromatic carbocycles. The van der Waals surface area contributed by atoms with Gasteiger partial charge < -0.3 is 125 Å². The predicted octanol–water partition coefficient (Wildman–Crippen LogP) is -4.15. The molecular formula is C89H122N20O24S. The Morgan fingerprint density at radius 1 is 0.597 bits per heavy atom. The number of benzene rings is 3. The van der Waals surface area contributed by atoms with Gasteiger partial charge in [0.05, 0.1) is 50.8 Å². The van der Waals surface area contributed by atoms with Crippen LogP contribution in [0.2, 0.25) is 0 Å². The number of aromatic nitrogens is 2. The number of hydrogen-bond acceptors (Lipinski definition) is 24. The zero-order valence-corrected chi connectivity index (χ0v) is 76.8. The summed E-state index contributed by atoms with van der Waals surface area (Å²) in [6.07, 6.45) is -0.730. The van der Waals surface area contributed by atoms with Crippen LogP contribution in [0.1, 0.15) is 135 Å². The summed E-state index contributed by atoms with van der Waals surface area (Å²) in [4.78, 5) is 282. The Bertz CT molecular complexity index is 5200. The third kappa shape index (κ3) is 27.0. The molecule has 728 valence electrons. The average Bonchev–Trinajstić information content (AvgIpc) is 1.12. The Balaban J connectivity index is 1.10. The maximum Gasteiger partial charge on any atom is 0.323 e. The molecule has 6 heterocycles. The van der Waals surface area contributed by atoms with Crippen molar-refractivity contribution in [3.8, 4) is 5.75 Å². The highest BCUT2D eigenvalue weighted by atomic mass is 32.2. The number of nitrogens with one attached hydrogen (secondary N) is 11.